The molecule has 0 amide bonds. The zero-order chi connectivity index (χ0) is 10.6. The predicted octanol–water partition coefficient (Wildman–Crippen LogP) is -0.685. The van der Waals surface area contributed by atoms with Gasteiger partial charge >= 0.3 is 0 Å². The molecule has 1 aromatic carbocycles. The molecule has 0 fully saturated rings. The van der Waals surface area contributed by atoms with Crippen LogP contribution in [0.15, 0.2) is 24.3 Å². The van der Waals surface area contributed by atoms with Crippen molar-refractivity contribution in [2.45, 2.75) is 12.5 Å². The summed E-state index contributed by atoms with van der Waals surface area (Å²) < 4.78 is 4.96. The highest BCUT2D eigenvalue weighted by Crippen LogP contribution is 2.12. The van der Waals surface area contributed by atoms with E-state index < -0.39 is 12.0 Å². The van der Waals surface area contributed by atoms with Gasteiger partial charge in [0.2, 0.25) is 0 Å². The molecule has 4 nitrogen and oxygen atoms in total. The highest BCUT2D eigenvalue weighted by Gasteiger charge is 2.04. The lowest BCUT2D eigenvalue weighted by atomic mass is 10.1. The molecule has 4 heteroatoms. The summed E-state index contributed by atoms with van der Waals surface area (Å²) in [6.45, 7) is 0. The summed E-state index contributed by atoms with van der Waals surface area (Å²) in [6.07, 6.45) is 0.270. The molecule has 1 unspecified atom stereocenters. The van der Waals surface area contributed by atoms with Crippen molar-refractivity contribution in [1.29, 1.82) is 0 Å². The fourth-order valence-electron chi connectivity index (χ4n) is 1.10. The number of hydrogen-bond donors (Lipinski definition) is 1. The summed E-state index contributed by atoms with van der Waals surface area (Å²) >= 11 is 0. The van der Waals surface area contributed by atoms with Crippen LogP contribution in [0.4, 0.5) is 0 Å². The Bertz CT molecular complexity index is 308. The average molecular weight is 194 g/mol. The summed E-state index contributed by atoms with van der Waals surface area (Å²) in [6, 6.07) is 6.13. The molecule has 1 aromatic rings. The minimum Gasteiger partial charge on any atom is -0.548 e. The molecule has 0 heterocycles. The molecular weight excluding hydrogens is 182 g/mol. The third-order valence-corrected chi connectivity index (χ3v) is 1.92. The zero-order valence-corrected chi connectivity index (χ0v) is 7.90. The topological polar surface area (TPSA) is 75.4 Å². The van der Waals surface area contributed by atoms with Crippen LogP contribution in [0.3, 0.4) is 0 Å². The summed E-state index contributed by atoms with van der Waals surface area (Å²) in [5.74, 6) is -0.503. The third-order valence-electron chi connectivity index (χ3n) is 1.92. The van der Waals surface area contributed by atoms with E-state index in [2.05, 4.69) is 0 Å². The van der Waals surface area contributed by atoms with E-state index in [1.807, 2.05) is 0 Å². The van der Waals surface area contributed by atoms with Crippen molar-refractivity contribution in [3.63, 3.8) is 0 Å². The first kappa shape index (κ1) is 10.5. The van der Waals surface area contributed by atoms with Gasteiger partial charge < -0.3 is 20.4 Å². The van der Waals surface area contributed by atoms with Crippen LogP contribution < -0.4 is 15.6 Å². The minimum atomic E-state index is -1.24. The van der Waals surface area contributed by atoms with Crippen molar-refractivity contribution in [3.8, 4) is 5.75 Å². The van der Waals surface area contributed by atoms with Gasteiger partial charge in [0.05, 0.1) is 13.1 Å². The van der Waals surface area contributed by atoms with Crippen molar-refractivity contribution in [1.82, 2.24) is 0 Å². The molecule has 0 aliphatic carbocycles. The molecule has 2 N–H and O–H groups in total. The molecule has 0 spiro atoms. The molecule has 14 heavy (non-hydrogen) atoms. The normalized spacial score (nSPS) is 12.1. The van der Waals surface area contributed by atoms with E-state index in [0.29, 0.717) is 0 Å². The number of ether oxygens (including phenoxy) is 1. The van der Waals surface area contributed by atoms with E-state index in [1.54, 1.807) is 31.4 Å². The molecule has 0 aliphatic rings. The predicted molar refractivity (Wildman–Crippen MR) is 49.7 cm³/mol. The van der Waals surface area contributed by atoms with E-state index in [0.717, 1.165) is 11.3 Å². The van der Waals surface area contributed by atoms with Gasteiger partial charge in [-0.05, 0) is 24.1 Å². The molecule has 0 bridgehead atoms. The van der Waals surface area contributed by atoms with Crippen LogP contribution in [0.1, 0.15) is 5.56 Å². The minimum absolute atomic E-state index is 0.270. The van der Waals surface area contributed by atoms with Crippen molar-refractivity contribution < 1.29 is 14.6 Å². The van der Waals surface area contributed by atoms with Crippen molar-refractivity contribution in [2.24, 2.45) is 5.73 Å². The van der Waals surface area contributed by atoms with Gasteiger partial charge in [-0.2, -0.15) is 0 Å². The number of nitrogens with two attached hydrogens (primary N) is 1. The van der Waals surface area contributed by atoms with Crippen molar-refractivity contribution >= 4 is 5.97 Å². The van der Waals surface area contributed by atoms with E-state index in [4.69, 9.17) is 10.5 Å². The molecule has 0 radical (unpaired) electrons. The van der Waals surface area contributed by atoms with Crippen LogP contribution in [-0.4, -0.2) is 19.1 Å². The van der Waals surface area contributed by atoms with Crippen LogP contribution in [0.2, 0.25) is 0 Å². The van der Waals surface area contributed by atoms with Gasteiger partial charge in [-0.25, -0.2) is 0 Å². The highest BCUT2D eigenvalue weighted by molar-refractivity contribution is 5.71. The van der Waals surface area contributed by atoms with Crippen LogP contribution in [0.25, 0.3) is 0 Å². The zero-order valence-electron chi connectivity index (χ0n) is 7.90. The monoisotopic (exact) mass is 194 g/mol. The van der Waals surface area contributed by atoms with Gasteiger partial charge in [-0.15, -0.1) is 0 Å². The second-order valence-corrected chi connectivity index (χ2v) is 2.98. The lowest BCUT2D eigenvalue weighted by molar-refractivity contribution is -0.307. The molecule has 1 rings (SSSR count). The van der Waals surface area contributed by atoms with Gasteiger partial charge in [-0.3, -0.25) is 0 Å². The lowest BCUT2D eigenvalue weighted by Gasteiger charge is -2.12. The molecule has 0 aromatic heterocycles. The molecule has 0 saturated heterocycles. The lowest BCUT2D eigenvalue weighted by Crippen LogP contribution is -2.43. The Labute approximate surface area is 82.3 Å². The van der Waals surface area contributed by atoms with Crippen LogP contribution >= 0.6 is 0 Å². The Balaban J connectivity index is 2.64. The van der Waals surface area contributed by atoms with E-state index in [9.17, 15) is 9.90 Å². The number of rotatable bonds is 4. The second kappa shape index (κ2) is 4.62. The molecular formula is C10H12NO3-. The second-order valence-electron chi connectivity index (χ2n) is 2.98. The van der Waals surface area contributed by atoms with Crippen molar-refractivity contribution in [2.75, 3.05) is 7.11 Å². The Morgan fingerprint density at radius 2 is 2.07 bits per heavy atom. The number of methoxy groups -OCH3 is 1. The maximum Gasteiger partial charge on any atom is 0.118 e. The molecule has 76 valence electrons. The van der Waals surface area contributed by atoms with E-state index >= 15 is 0 Å². The molecule has 0 saturated carbocycles. The average Bonchev–Trinajstić information content (AvgIpc) is 2.19. The van der Waals surface area contributed by atoms with Gasteiger partial charge in [0.25, 0.3) is 0 Å². The number of carbonyl (C=O) groups excluding carboxylic acids is 1. The number of carboxylic acids is 1. The maximum absolute atomic E-state index is 10.4. The Morgan fingerprint density at radius 3 is 2.50 bits per heavy atom. The van der Waals surface area contributed by atoms with E-state index in [1.165, 1.54) is 0 Å². The first-order valence-corrected chi connectivity index (χ1v) is 4.23. The largest absolute Gasteiger partial charge is 0.548 e. The standard InChI is InChI=1S/C10H13NO3/c1-14-8-4-2-7(3-5-8)6-9(11)10(12)13/h2-5,9H,6,11H2,1H3,(H,12,13)/p-1. The molecule has 1 atom stereocenters. The van der Waals surface area contributed by atoms with Crippen molar-refractivity contribution in [3.05, 3.63) is 29.8 Å². The first-order chi connectivity index (χ1) is 6.63. The Hall–Kier alpha value is -1.55. The van der Waals surface area contributed by atoms with Gasteiger partial charge in [-0.1, -0.05) is 12.1 Å². The fraction of sp³-hybridized carbons (Fsp3) is 0.300. The number of aliphatic carboxylic acids is 1. The summed E-state index contributed by atoms with van der Waals surface area (Å²) in [5.41, 5.74) is 6.18. The first-order valence-electron chi connectivity index (χ1n) is 4.23. The van der Waals surface area contributed by atoms with Crippen LogP contribution in [-0.2, 0) is 11.2 Å². The van der Waals surface area contributed by atoms with E-state index in [-0.39, 0.29) is 6.42 Å². The summed E-state index contributed by atoms with van der Waals surface area (Å²) in [7, 11) is 1.57. The number of hydrogen-bond acceptors (Lipinski definition) is 4. The smallest absolute Gasteiger partial charge is 0.118 e. The van der Waals surface area contributed by atoms with Gasteiger partial charge in [0.1, 0.15) is 5.75 Å². The number of carbonyl (C=O) groups is 1. The molecule has 0 aliphatic heterocycles. The van der Waals surface area contributed by atoms with Crippen LogP contribution in [0.5, 0.6) is 5.75 Å². The maximum atomic E-state index is 10.4. The number of benzene rings is 1. The number of carboxylic acid groups (broad SMARTS) is 1. The quantitative estimate of drug-likeness (QED) is 0.688. The highest BCUT2D eigenvalue weighted by atomic mass is 16.5. The summed E-state index contributed by atoms with van der Waals surface area (Å²) in [4.78, 5) is 10.4. The summed E-state index contributed by atoms with van der Waals surface area (Å²) in [5, 5.41) is 10.4. The fourth-order valence-corrected chi connectivity index (χ4v) is 1.10. The third kappa shape index (κ3) is 2.74. The van der Waals surface area contributed by atoms with Gasteiger partial charge in [0, 0.05) is 6.04 Å². The Morgan fingerprint density at radius 1 is 1.50 bits per heavy atom. The van der Waals surface area contributed by atoms with Gasteiger partial charge in [0.15, 0.2) is 0 Å². The van der Waals surface area contributed by atoms with Crippen LogP contribution in [0, 0.1) is 0 Å². The SMILES string of the molecule is COc1ccc(CC(N)C(=O)[O-])cc1. The Kier molecular flexibility index (Phi) is 3.48.